The van der Waals surface area contributed by atoms with Gasteiger partial charge in [-0.15, -0.1) is 29.9 Å². The molecule has 1 aliphatic heterocycles. The van der Waals surface area contributed by atoms with E-state index < -0.39 is 6.09 Å². The Labute approximate surface area is 263 Å². The SMILES string of the molecule is Cl.Cl.N[C@H]1CC[C@H](Nc2nc(NC3CCN(OC(=O)Nc4ccc(Cl)cc4)CC3)c3ncn(C4CCCC4)c3n2)CC1. The Hall–Kier alpha value is -2.57. The zero-order valence-corrected chi connectivity index (χ0v) is 25.9. The minimum absolute atomic E-state index is 0. The van der Waals surface area contributed by atoms with Gasteiger partial charge in [0.2, 0.25) is 5.95 Å². The van der Waals surface area contributed by atoms with Crippen LogP contribution < -0.4 is 21.7 Å². The molecule has 230 valence electrons. The van der Waals surface area contributed by atoms with Gasteiger partial charge in [-0.2, -0.15) is 9.97 Å². The van der Waals surface area contributed by atoms with Gasteiger partial charge in [0.05, 0.1) is 6.33 Å². The first-order valence-corrected chi connectivity index (χ1v) is 14.9. The standard InChI is InChI=1S/C28H38ClN9O2.2ClH/c29-18-5-9-21(10-6-18)34-28(39)40-37-15-13-22(14-16-37)32-25-24-26(38(17-31-24)23-3-1-2-4-23)36-27(35-25)33-20-11-7-19(30)8-12-20;;/h5-6,9-10,17,19-20,22-23H,1-4,7-8,11-16,30H2,(H,34,39)(H2,32,33,35,36);2*1H/t19-,20-;;. The molecule has 5 N–H and O–H groups in total. The van der Waals surface area contributed by atoms with Crippen LogP contribution in [0.3, 0.4) is 0 Å². The van der Waals surface area contributed by atoms with E-state index >= 15 is 0 Å². The van der Waals surface area contributed by atoms with Gasteiger partial charge in [0.25, 0.3) is 0 Å². The number of carbonyl (C=O) groups excluding carboxylic acids is 1. The number of carbonyl (C=O) groups is 1. The molecule has 3 fully saturated rings. The Morgan fingerprint density at radius 3 is 2.26 bits per heavy atom. The maximum Gasteiger partial charge on any atom is 0.430 e. The molecule has 3 aliphatic rings. The van der Waals surface area contributed by atoms with Crippen molar-refractivity contribution in [2.75, 3.05) is 29.0 Å². The number of benzene rings is 1. The molecule has 0 atom stereocenters. The van der Waals surface area contributed by atoms with Gasteiger partial charge in [0.1, 0.15) is 0 Å². The molecular weight excluding hydrogens is 601 g/mol. The van der Waals surface area contributed by atoms with Crippen LogP contribution in [0, 0.1) is 0 Å². The molecule has 3 heterocycles. The Balaban J connectivity index is 0.00000202. The van der Waals surface area contributed by atoms with Crippen molar-refractivity contribution < 1.29 is 9.63 Å². The number of piperidine rings is 1. The lowest BCUT2D eigenvalue weighted by Crippen LogP contribution is -2.41. The number of amides is 1. The van der Waals surface area contributed by atoms with Crippen molar-refractivity contribution in [1.82, 2.24) is 24.6 Å². The van der Waals surface area contributed by atoms with Crippen molar-refractivity contribution in [2.24, 2.45) is 5.73 Å². The fourth-order valence-corrected chi connectivity index (χ4v) is 6.18. The third-order valence-corrected chi connectivity index (χ3v) is 8.59. The summed E-state index contributed by atoms with van der Waals surface area (Å²) in [7, 11) is 0. The Kier molecular flexibility index (Phi) is 11.4. The minimum atomic E-state index is -0.511. The summed E-state index contributed by atoms with van der Waals surface area (Å²) in [6.45, 7) is 1.23. The second-order valence-corrected chi connectivity index (χ2v) is 11.7. The van der Waals surface area contributed by atoms with Crippen LogP contribution in [0.25, 0.3) is 11.2 Å². The van der Waals surface area contributed by atoms with Crippen LogP contribution in [-0.4, -0.2) is 61.9 Å². The van der Waals surface area contributed by atoms with Crippen molar-refractivity contribution in [3.8, 4) is 0 Å². The third-order valence-electron chi connectivity index (χ3n) is 8.34. The average Bonchev–Trinajstić information content (AvgIpc) is 3.63. The van der Waals surface area contributed by atoms with E-state index in [1.165, 1.54) is 12.8 Å². The Bertz CT molecular complexity index is 1300. The third kappa shape index (κ3) is 7.87. The first kappa shape index (κ1) is 32.3. The molecule has 1 amide bonds. The number of halogens is 3. The van der Waals surface area contributed by atoms with Gasteiger partial charge in [-0.3, -0.25) is 5.32 Å². The molecule has 2 aliphatic carbocycles. The maximum absolute atomic E-state index is 12.3. The molecule has 3 aromatic rings. The maximum atomic E-state index is 12.3. The van der Waals surface area contributed by atoms with Gasteiger partial charge in [0.15, 0.2) is 17.0 Å². The van der Waals surface area contributed by atoms with Crippen molar-refractivity contribution >= 4 is 71.1 Å². The van der Waals surface area contributed by atoms with Crippen LogP contribution in [0.15, 0.2) is 30.6 Å². The van der Waals surface area contributed by atoms with Gasteiger partial charge in [-0.1, -0.05) is 24.4 Å². The summed E-state index contributed by atoms with van der Waals surface area (Å²) in [5.74, 6) is 1.41. The van der Waals surface area contributed by atoms with Crippen LogP contribution in [0.2, 0.25) is 5.02 Å². The molecule has 2 aromatic heterocycles. The molecule has 11 nitrogen and oxygen atoms in total. The van der Waals surface area contributed by atoms with Crippen LogP contribution in [0.4, 0.5) is 22.2 Å². The highest BCUT2D eigenvalue weighted by Gasteiger charge is 2.27. The molecule has 2 saturated carbocycles. The molecule has 1 saturated heterocycles. The first-order valence-electron chi connectivity index (χ1n) is 14.5. The summed E-state index contributed by atoms with van der Waals surface area (Å²) >= 11 is 5.92. The van der Waals surface area contributed by atoms with Crippen LogP contribution in [0.1, 0.15) is 70.3 Å². The van der Waals surface area contributed by atoms with Gasteiger partial charge >= 0.3 is 6.09 Å². The van der Waals surface area contributed by atoms with Gasteiger partial charge in [-0.25, -0.2) is 9.78 Å². The number of hydroxylamine groups is 2. The predicted molar refractivity (Wildman–Crippen MR) is 171 cm³/mol. The van der Waals surface area contributed by atoms with Crippen LogP contribution >= 0.6 is 36.4 Å². The van der Waals surface area contributed by atoms with Gasteiger partial charge in [-0.05, 0) is 75.6 Å². The number of hydrogen-bond acceptors (Lipinski definition) is 9. The number of nitrogens with one attached hydrogen (secondary N) is 3. The van der Waals surface area contributed by atoms with Crippen molar-refractivity contribution in [1.29, 1.82) is 0 Å². The molecule has 0 unspecified atom stereocenters. The van der Waals surface area contributed by atoms with E-state index in [1.54, 1.807) is 29.3 Å². The minimum Gasteiger partial charge on any atom is -0.365 e. The topological polar surface area (TPSA) is 135 Å². The number of anilines is 3. The second kappa shape index (κ2) is 14.7. The number of aromatic nitrogens is 4. The molecule has 42 heavy (non-hydrogen) atoms. The summed E-state index contributed by atoms with van der Waals surface area (Å²) in [6, 6.07) is 8.16. The van der Waals surface area contributed by atoms with Crippen molar-refractivity contribution in [2.45, 2.75) is 88.4 Å². The highest BCUT2D eigenvalue weighted by Crippen LogP contribution is 2.34. The number of hydrogen-bond donors (Lipinski definition) is 4. The van der Waals surface area contributed by atoms with E-state index in [-0.39, 0.29) is 30.9 Å². The lowest BCUT2D eigenvalue weighted by Gasteiger charge is -2.31. The van der Waals surface area contributed by atoms with Crippen molar-refractivity contribution in [3.05, 3.63) is 35.6 Å². The van der Waals surface area contributed by atoms with Crippen molar-refractivity contribution in [3.63, 3.8) is 0 Å². The van der Waals surface area contributed by atoms with Gasteiger partial charge in [0, 0.05) is 48.0 Å². The monoisotopic (exact) mass is 639 g/mol. The molecule has 0 spiro atoms. The number of fused-ring (bicyclic) bond motifs is 1. The van der Waals surface area contributed by atoms with Crippen LogP contribution in [0.5, 0.6) is 0 Å². The number of nitrogens with two attached hydrogens (primary N) is 1. The molecule has 1 aromatic carbocycles. The van der Waals surface area contributed by atoms with Crippen LogP contribution in [-0.2, 0) is 4.84 Å². The van der Waals surface area contributed by atoms with E-state index in [9.17, 15) is 4.79 Å². The lowest BCUT2D eigenvalue weighted by molar-refractivity contribution is -0.106. The molecule has 14 heteroatoms. The second-order valence-electron chi connectivity index (χ2n) is 11.3. The number of rotatable bonds is 7. The van der Waals surface area contributed by atoms with E-state index in [4.69, 9.17) is 37.1 Å². The Morgan fingerprint density at radius 2 is 1.57 bits per heavy atom. The Morgan fingerprint density at radius 1 is 0.905 bits per heavy atom. The molecule has 6 rings (SSSR count). The summed E-state index contributed by atoms with van der Waals surface area (Å²) in [6.07, 6.45) is 11.9. The first-order chi connectivity index (χ1) is 19.5. The number of imidazole rings is 1. The highest BCUT2D eigenvalue weighted by atomic mass is 35.5. The molecular formula is C28H40Cl3N9O2. The fourth-order valence-electron chi connectivity index (χ4n) is 6.05. The lowest BCUT2D eigenvalue weighted by atomic mass is 9.92. The fraction of sp³-hybridized carbons (Fsp3) is 0.571. The average molecular weight is 641 g/mol. The van der Waals surface area contributed by atoms with E-state index in [1.807, 2.05) is 6.33 Å². The predicted octanol–water partition coefficient (Wildman–Crippen LogP) is 6.16. The molecule has 0 bridgehead atoms. The van der Waals surface area contributed by atoms with E-state index in [0.717, 1.165) is 68.3 Å². The summed E-state index contributed by atoms with van der Waals surface area (Å²) < 4.78 is 2.24. The number of nitrogens with zero attached hydrogens (tertiary/aromatic N) is 5. The zero-order valence-electron chi connectivity index (χ0n) is 23.5. The smallest absolute Gasteiger partial charge is 0.365 e. The summed E-state index contributed by atoms with van der Waals surface area (Å²) in [5.41, 5.74) is 8.46. The summed E-state index contributed by atoms with van der Waals surface area (Å²) in [4.78, 5) is 32.5. The van der Waals surface area contributed by atoms with E-state index in [2.05, 4.69) is 20.5 Å². The normalized spacial score (nSPS) is 21.8. The highest BCUT2D eigenvalue weighted by molar-refractivity contribution is 6.30. The largest absolute Gasteiger partial charge is 0.430 e. The zero-order chi connectivity index (χ0) is 27.5. The summed E-state index contributed by atoms with van der Waals surface area (Å²) in [5, 5.41) is 12.3. The van der Waals surface area contributed by atoms with E-state index in [0.29, 0.717) is 47.9 Å². The van der Waals surface area contributed by atoms with Gasteiger partial charge < -0.3 is 25.8 Å². The molecule has 0 radical (unpaired) electrons. The quantitative estimate of drug-likeness (QED) is 0.239.